The maximum atomic E-state index is 11.2. The standard InChI is InChI=1S/C9H17NO4S/c1-9(2,7-8(11)12)10-3-5-15(13,14)6-4-10/h3-7H2,1-2H3,(H,11,12). The Labute approximate surface area is 90.0 Å². The van der Waals surface area contributed by atoms with Crippen LogP contribution in [-0.2, 0) is 14.6 Å². The highest BCUT2D eigenvalue weighted by Gasteiger charge is 2.33. The summed E-state index contributed by atoms with van der Waals surface area (Å²) in [5.74, 6) is -0.583. The second-order valence-corrected chi connectivity index (χ2v) is 6.83. The molecule has 88 valence electrons. The summed E-state index contributed by atoms with van der Waals surface area (Å²) in [6, 6.07) is 0. The van der Waals surface area contributed by atoms with E-state index in [-0.39, 0.29) is 17.9 Å². The largest absolute Gasteiger partial charge is 0.481 e. The molecule has 0 amide bonds. The van der Waals surface area contributed by atoms with Gasteiger partial charge in [-0.05, 0) is 13.8 Å². The predicted molar refractivity (Wildman–Crippen MR) is 56.6 cm³/mol. The molecule has 1 heterocycles. The van der Waals surface area contributed by atoms with Gasteiger partial charge in [0.25, 0.3) is 0 Å². The van der Waals surface area contributed by atoms with Crippen LogP contribution in [0.1, 0.15) is 20.3 Å². The van der Waals surface area contributed by atoms with Crippen molar-refractivity contribution in [2.45, 2.75) is 25.8 Å². The molecule has 15 heavy (non-hydrogen) atoms. The number of hydrogen-bond donors (Lipinski definition) is 1. The molecule has 1 N–H and O–H groups in total. The van der Waals surface area contributed by atoms with E-state index in [9.17, 15) is 13.2 Å². The number of nitrogens with zero attached hydrogens (tertiary/aromatic N) is 1. The monoisotopic (exact) mass is 235 g/mol. The van der Waals surface area contributed by atoms with Crippen molar-refractivity contribution < 1.29 is 18.3 Å². The van der Waals surface area contributed by atoms with Crippen LogP contribution in [0.15, 0.2) is 0 Å². The third-order valence-electron chi connectivity index (χ3n) is 2.78. The minimum absolute atomic E-state index is 0.0348. The van der Waals surface area contributed by atoms with E-state index in [0.717, 1.165) is 0 Å². The van der Waals surface area contributed by atoms with Crippen LogP contribution in [0.3, 0.4) is 0 Å². The van der Waals surface area contributed by atoms with Crippen molar-refractivity contribution in [1.82, 2.24) is 4.90 Å². The van der Waals surface area contributed by atoms with Gasteiger partial charge in [-0.25, -0.2) is 8.42 Å². The van der Waals surface area contributed by atoms with E-state index in [0.29, 0.717) is 13.1 Å². The summed E-state index contributed by atoms with van der Waals surface area (Å²) in [7, 11) is -2.89. The lowest BCUT2D eigenvalue weighted by molar-refractivity contribution is -0.139. The first-order valence-corrected chi connectivity index (χ1v) is 6.72. The molecular formula is C9H17NO4S. The van der Waals surface area contributed by atoms with Crippen LogP contribution < -0.4 is 0 Å². The van der Waals surface area contributed by atoms with Gasteiger partial charge >= 0.3 is 5.97 Å². The molecule has 0 radical (unpaired) electrons. The van der Waals surface area contributed by atoms with E-state index in [1.54, 1.807) is 0 Å². The highest BCUT2D eigenvalue weighted by atomic mass is 32.2. The Kier molecular flexibility index (Phi) is 3.40. The Hall–Kier alpha value is -0.620. The topological polar surface area (TPSA) is 74.7 Å². The smallest absolute Gasteiger partial charge is 0.305 e. The summed E-state index contributed by atoms with van der Waals surface area (Å²) in [5.41, 5.74) is -0.470. The maximum absolute atomic E-state index is 11.2. The van der Waals surface area contributed by atoms with E-state index in [2.05, 4.69) is 0 Å². The van der Waals surface area contributed by atoms with Crippen LogP contribution in [0, 0.1) is 0 Å². The third kappa shape index (κ3) is 3.46. The summed E-state index contributed by atoms with van der Waals surface area (Å²) in [6.45, 7) is 4.53. The van der Waals surface area contributed by atoms with Gasteiger partial charge in [-0.2, -0.15) is 0 Å². The van der Waals surface area contributed by atoms with E-state index in [1.165, 1.54) is 0 Å². The first-order valence-electron chi connectivity index (χ1n) is 4.90. The van der Waals surface area contributed by atoms with Gasteiger partial charge in [0.15, 0.2) is 9.84 Å². The van der Waals surface area contributed by atoms with E-state index in [4.69, 9.17) is 5.11 Å². The molecule has 1 saturated heterocycles. The molecular weight excluding hydrogens is 218 g/mol. The molecule has 6 heteroatoms. The normalized spacial score (nSPS) is 22.5. The zero-order chi connectivity index (χ0) is 11.7. The van der Waals surface area contributed by atoms with Crippen molar-refractivity contribution in [3.63, 3.8) is 0 Å². The number of carboxylic acids is 1. The molecule has 0 unspecified atom stereocenters. The van der Waals surface area contributed by atoms with Crippen molar-refractivity contribution >= 4 is 15.8 Å². The summed E-state index contributed by atoms with van der Waals surface area (Å²) >= 11 is 0. The second kappa shape index (κ2) is 4.09. The zero-order valence-electron chi connectivity index (χ0n) is 9.06. The maximum Gasteiger partial charge on any atom is 0.305 e. The van der Waals surface area contributed by atoms with Gasteiger partial charge in [-0.15, -0.1) is 0 Å². The molecule has 0 aliphatic carbocycles. The molecule has 1 rings (SSSR count). The highest BCUT2D eigenvalue weighted by molar-refractivity contribution is 7.91. The van der Waals surface area contributed by atoms with Crippen molar-refractivity contribution in [2.75, 3.05) is 24.6 Å². The Morgan fingerprint density at radius 1 is 1.33 bits per heavy atom. The number of sulfone groups is 1. The van der Waals surface area contributed by atoms with Crippen LogP contribution >= 0.6 is 0 Å². The van der Waals surface area contributed by atoms with Crippen molar-refractivity contribution in [1.29, 1.82) is 0 Å². The SMILES string of the molecule is CC(C)(CC(=O)O)N1CCS(=O)(=O)CC1. The van der Waals surface area contributed by atoms with Gasteiger partial charge in [-0.1, -0.05) is 0 Å². The van der Waals surface area contributed by atoms with Crippen LogP contribution in [0.25, 0.3) is 0 Å². The van der Waals surface area contributed by atoms with Gasteiger partial charge in [0.05, 0.1) is 17.9 Å². The van der Waals surface area contributed by atoms with Crippen LogP contribution in [-0.4, -0.2) is 54.5 Å². The van der Waals surface area contributed by atoms with E-state index < -0.39 is 21.3 Å². The van der Waals surface area contributed by atoms with Crippen molar-refractivity contribution in [3.05, 3.63) is 0 Å². The molecule has 0 aromatic heterocycles. The Balaban J connectivity index is 2.63. The quantitative estimate of drug-likeness (QED) is 0.743. The van der Waals surface area contributed by atoms with Crippen LogP contribution in [0.4, 0.5) is 0 Å². The van der Waals surface area contributed by atoms with Crippen molar-refractivity contribution in [2.24, 2.45) is 0 Å². The molecule has 1 fully saturated rings. The molecule has 0 spiro atoms. The zero-order valence-corrected chi connectivity index (χ0v) is 9.88. The minimum Gasteiger partial charge on any atom is -0.481 e. The Bertz CT molecular complexity index is 333. The van der Waals surface area contributed by atoms with Gasteiger partial charge in [0.2, 0.25) is 0 Å². The average molecular weight is 235 g/mol. The molecule has 0 aromatic rings. The van der Waals surface area contributed by atoms with E-state index >= 15 is 0 Å². The summed E-state index contributed by atoms with van der Waals surface area (Å²) in [6.07, 6.45) is 0.0348. The molecule has 1 aliphatic rings. The van der Waals surface area contributed by atoms with Crippen LogP contribution in [0.5, 0.6) is 0 Å². The number of rotatable bonds is 3. The lowest BCUT2D eigenvalue weighted by Gasteiger charge is -2.39. The van der Waals surface area contributed by atoms with Gasteiger partial charge in [0, 0.05) is 18.6 Å². The average Bonchev–Trinajstić information content (AvgIpc) is 2.00. The molecule has 0 saturated carbocycles. The fourth-order valence-corrected chi connectivity index (χ4v) is 3.00. The molecule has 1 aliphatic heterocycles. The molecule has 0 bridgehead atoms. The summed E-state index contributed by atoms with van der Waals surface area (Å²) in [4.78, 5) is 12.6. The number of carboxylic acid groups (broad SMARTS) is 1. The number of aliphatic carboxylic acids is 1. The first-order chi connectivity index (χ1) is 6.73. The van der Waals surface area contributed by atoms with Gasteiger partial charge in [0.1, 0.15) is 0 Å². The highest BCUT2D eigenvalue weighted by Crippen LogP contribution is 2.21. The molecule has 0 aromatic carbocycles. The minimum atomic E-state index is -2.89. The number of carbonyl (C=O) groups is 1. The predicted octanol–water partition coefficient (Wildman–Crippen LogP) is -0.0299. The van der Waals surface area contributed by atoms with Crippen LogP contribution in [0.2, 0.25) is 0 Å². The summed E-state index contributed by atoms with van der Waals surface area (Å²) < 4.78 is 22.4. The lowest BCUT2D eigenvalue weighted by Crippen LogP contribution is -2.52. The molecule has 0 atom stereocenters. The number of hydrogen-bond acceptors (Lipinski definition) is 4. The Morgan fingerprint density at radius 2 is 1.80 bits per heavy atom. The second-order valence-electron chi connectivity index (χ2n) is 4.52. The fourth-order valence-electron chi connectivity index (χ4n) is 1.80. The molecule has 5 nitrogen and oxygen atoms in total. The van der Waals surface area contributed by atoms with Crippen molar-refractivity contribution in [3.8, 4) is 0 Å². The third-order valence-corrected chi connectivity index (χ3v) is 4.39. The lowest BCUT2D eigenvalue weighted by atomic mass is 9.98. The summed E-state index contributed by atoms with van der Waals surface area (Å²) in [5, 5.41) is 8.74. The Morgan fingerprint density at radius 3 is 2.20 bits per heavy atom. The first kappa shape index (κ1) is 12.4. The van der Waals surface area contributed by atoms with Gasteiger partial charge in [-0.3, -0.25) is 9.69 Å². The van der Waals surface area contributed by atoms with E-state index in [1.807, 2.05) is 18.7 Å². The fraction of sp³-hybridized carbons (Fsp3) is 0.889. The van der Waals surface area contributed by atoms with Gasteiger partial charge < -0.3 is 5.11 Å².